The lowest BCUT2D eigenvalue weighted by atomic mass is 10.2. The molecule has 0 aliphatic carbocycles. The molecule has 0 amide bonds. The van der Waals surface area contributed by atoms with Crippen molar-refractivity contribution < 1.29 is 9.90 Å². The van der Waals surface area contributed by atoms with Crippen molar-refractivity contribution >= 4 is 44.8 Å². The summed E-state index contributed by atoms with van der Waals surface area (Å²) in [6.07, 6.45) is -0.104. The van der Waals surface area contributed by atoms with Crippen LogP contribution in [0.1, 0.15) is 5.69 Å². The molecule has 1 N–H and O–H groups in total. The highest BCUT2D eigenvalue weighted by Crippen LogP contribution is 2.36. The second-order valence-corrected chi connectivity index (χ2v) is 5.92. The first-order valence-corrected chi connectivity index (χ1v) is 6.66. The topological polar surface area (TPSA) is 55.1 Å². The monoisotopic (exact) mass is 334 g/mol. The third-order valence-electron chi connectivity index (χ3n) is 2.18. The van der Waals surface area contributed by atoms with Crippen LogP contribution >= 0.6 is 38.9 Å². The van der Waals surface area contributed by atoms with Crippen molar-refractivity contribution in [3.63, 3.8) is 0 Å². The van der Waals surface area contributed by atoms with Gasteiger partial charge in [0, 0.05) is 7.05 Å². The van der Waals surface area contributed by atoms with E-state index < -0.39 is 5.97 Å². The summed E-state index contributed by atoms with van der Waals surface area (Å²) >= 11 is 10.7. The number of aliphatic carboxylic acids is 1. The van der Waals surface area contributed by atoms with Gasteiger partial charge in [-0.25, -0.2) is 0 Å². The minimum Gasteiger partial charge on any atom is -0.481 e. The fourth-order valence-corrected chi connectivity index (χ4v) is 3.47. The molecule has 2 aromatic heterocycles. The van der Waals surface area contributed by atoms with Gasteiger partial charge in [0.1, 0.15) is 0 Å². The molecule has 4 nitrogen and oxygen atoms in total. The van der Waals surface area contributed by atoms with Gasteiger partial charge < -0.3 is 5.11 Å². The number of carboxylic acid groups (broad SMARTS) is 1. The van der Waals surface area contributed by atoms with E-state index in [4.69, 9.17) is 16.7 Å². The highest BCUT2D eigenvalue weighted by Gasteiger charge is 2.18. The van der Waals surface area contributed by atoms with Crippen molar-refractivity contribution in [1.82, 2.24) is 9.78 Å². The molecular formula is C10H8BrClN2O2S. The van der Waals surface area contributed by atoms with Gasteiger partial charge in [-0.05, 0) is 28.1 Å². The van der Waals surface area contributed by atoms with E-state index in [0.717, 1.165) is 10.6 Å². The highest BCUT2D eigenvalue weighted by molar-refractivity contribution is 9.10. The van der Waals surface area contributed by atoms with Gasteiger partial charge >= 0.3 is 5.97 Å². The fourth-order valence-electron chi connectivity index (χ4n) is 1.52. The van der Waals surface area contributed by atoms with Gasteiger partial charge in [0.15, 0.2) is 0 Å². The zero-order valence-corrected chi connectivity index (χ0v) is 11.9. The molecule has 0 aliphatic rings. The average molecular weight is 336 g/mol. The molecule has 0 aliphatic heterocycles. The van der Waals surface area contributed by atoms with Crippen LogP contribution in [0.25, 0.3) is 10.6 Å². The summed E-state index contributed by atoms with van der Waals surface area (Å²) in [7, 11) is 1.78. The summed E-state index contributed by atoms with van der Waals surface area (Å²) in [4.78, 5) is 11.6. The lowest BCUT2D eigenvalue weighted by Gasteiger charge is -1.98. The summed E-state index contributed by atoms with van der Waals surface area (Å²) in [6, 6.07) is 3.69. The van der Waals surface area contributed by atoms with Gasteiger partial charge in [0.2, 0.25) is 0 Å². The maximum absolute atomic E-state index is 10.7. The minimum absolute atomic E-state index is 0.104. The number of thiophene rings is 1. The van der Waals surface area contributed by atoms with E-state index in [1.807, 2.05) is 6.07 Å². The van der Waals surface area contributed by atoms with Gasteiger partial charge in [-0.15, -0.1) is 11.3 Å². The first-order chi connectivity index (χ1) is 7.99. The highest BCUT2D eigenvalue weighted by atomic mass is 79.9. The van der Waals surface area contributed by atoms with E-state index in [1.165, 1.54) is 11.3 Å². The number of nitrogens with zero attached hydrogens (tertiary/aromatic N) is 2. The molecule has 2 aromatic rings. The quantitative estimate of drug-likeness (QED) is 0.937. The van der Waals surface area contributed by atoms with Crippen LogP contribution in [0, 0.1) is 0 Å². The Kier molecular flexibility index (Phi) is 3.56. The molecule has 0 bridgehead atoms. The molecule has 0 atom stereocenters. The Morgan fingerprint density at radius 3 is 2.88 bits per heavy atom. The molecule has 0 saturated heterocycles. The Morgan fingerprint density at radius 2 is 2.35 bits per heavy atom. The van der Waals surface area contributed by atoms with Crippen LogP contribution in [0.15, 0.2) is 16.6 Å². The van der Waals surface area contributed by atoms with E-state index in [-0.39, 0.29) is 6.42 Å². The number of aromatic nitrogens is 2. The number of aryl methyl sites for hydroxylation is 1. The minimum atomic E-state index is -0.903. The van der Waals surface area contributed by atoms with Crippen molar-refractivity contribution in [2.75, 3.05) is 0 Å². The van der Waals surface area contributed by atoms with E-state index in [0.29, 0.717) is 14.5 Å². The van der Waals surface area contributed by atoms with Crippen LogP contribution in [-0.2, 0) is 18.3 Å². The number of hydrogen-bond acceptors (Lipinski definition) is 3. The fraction of sp³-hybridized carbons (Fsp3) is 0.200. The second kappa shape index (κ2) is 4.80. The third-order valence-corrected chi connectivity index (χ3v) is 4.25. The zero-order chi connectivity index (χ0) is 12.6. The second-order valence-electron chi connectivity index (χ2n) is 3.41. The molecule has 0 fully saturated rings. The van der Waals surface area contributed by atoms with Crippen LogP contribution < -0.4 is 0 Å². The smallest absolute Gasteiger partial charge is 0.309 e. The molecule has 0 spiro atoms. The Labute approximate surface area is 115 Å². The van der Waals surface area contributed by atoms with Gasteiger partial charge in [-0.2, -0.15) is 5.10 Å². The first kappa shape index (κ1) is 12.6. The van der Waals surface area contributed by atoms with Crippen molar-refractivity contribution in [1.29, 1.82) is 0 Å². The number of halogens is 2. The molecule has 0 unspecified atom stereocenters. The largest absolute Gasteiger partial charge is 0.481 e. The SMILES string of the molecule is Cn1nc(CC(=O)O)c(Br)c1-c1ccc(Cl)s1. The normalized spacial score (nSPS) is 10.8. The van der Waals surface area contributed by atoms with Crippen LogP contribution in [0.4, 0.5) is 0 Å². The number of carboxylic acids is 1. The van der Waals surface area contributed by atoms with Crippen molar-refractivity contribution in [2.24, 2.45) is 7.05 Å². The third kappa shape index (κ3) is 2.53. The number of carbonyl (C=O) groups is 1. The van der Waals surface area contributed by atoms with E-state index >= 15 is 0 Å². The van der Waals surface area contributed by atoms with Crippen LogP contribution in [0.5, 0.6) is 0 Å². The Morgan fingerprint density at radius 1 is 1.65 bits per heavy atom. The predicted octanol–water partition coefficient (Wildman–Crippen LogP) is 3.19. The van der Waals surface area contributed by atoms with Crippen molar-refractivity contribution in [3.8, 4) is 10.6 Å². The van der Waals surface area contributed by atoms with Crippen molar-refractivity contribution in [2.45, 2.75) is 6.42 Å². The van der Waals surface area contributed by atoms with Crippen molar-refractivity contribution in [3.05, 3.63) is 26.6 Å². The molecule has 0 saturated carbocycles. The number of rotatable bonds is 3. The molecular weight excluding hydrogens is 328 g/mol. The Hall–Kier alpha value is -0.850. The average Bonchev–Trinajstić information content (AvgIpc) is 2.72. The van der Waals surface area contributed by atoms with Gasteiger partial charge in [-0.1, -0.05) is 11.6 Å². The van der Waals surface area contributed by atoms with Crippen LogP contribution in [-0.4, -0.2) is 20.9 Å². The molecule has 0 radical (unpaired) electrons. The Bertz CT molecular complexity index is 579. The molecule has 2 rings (SSSR count). The van der Waals surface area contributed by atoms with Crippen LogP contribution in [0.3, 0.4) is 0 Å². The van der Waals surface area contributed by atoms with Crippen LogP contribution in [0.2, 0.25) is 4.34 Å². The maximum atomic E-state index is 10.7. The summed E-state index contributed by atoms with van der Waals surface area (Å²) in [5.74, 6) is -0.903. The summed E-state index contributed by atoms with van der Waals surface area (Å²) in [5, 5.41) is 13.0. The summed E-state index contributed by atoms with van der Waals surface area (Å²) in [5.41, 5.74) is 1.36. The van der Waals surface area contributed by atoms with E-state index in [9.17, 15) is 4.79 Å². The molecule has 0 aromatic carbocycles. The Balaban J connectivity index is 2.48. The van der Waals surface area contributed by atoms with E-state index in [1.54, 1.807) is 17.8 Å². The molecule has 7 heteroatoms. The standard InChI is InChI=1S/C10H8BrClN2O2S/c1-14-10(6-2-3-7(12)17-6)9(11)5(13-14)4-8(15)16/h2-3H,4H2,1H3,(H,15,16). The number of hydrogen-bond donors (Lipinski definition) is 1. The van der Waals surface area contributed by atoms with Gasteiger partial charge in [0.25, 0.3) is 0 Å². The predicted molar refractivity (Wildman–Crippen MR) is 70.6 cm³/mol. The molecule has 90 valence electrons. The van der Waals surface area contributed by atoms with Gasteiger partial charge in [0.05, 0.1) is 31.5 Å². The summed E-state index contributed by atoms with van der Waals surface area (Å²) in [6.45, 7) is 0. The summed E-state index contributed by atoms with van der Waals surface area (Å²) < 4.78 is 3.05. The zero-order valence-electron chi connectivity index (χ0n) is 8.78. The first-order valence-electron chi connectivity index (χ1n) is 4.68. The molecule has 17 heavy (non-hydrogen) atoms. The lowest BCUT2D eigenvalue weighted by molar-refractivity contribution is -0.136. The maximum Gasteiger partial charge on any atom is 0.309 e. The molecule has 2 heterocycles. The lowest BCUT2D eigenvalue weighted by Crippen LogP contribution is -2.01. The van der Waals surface area contributed by atoms with Gasteiger partial charge in [-0.3, -0.25) is 9.48 Å². The van der Waals surface area contributed by atoms with E-state index in [2.05, 4.69) is 21.0 Å².